The first-order valence-corrected chi connectivity index (χ1v) is 10.9. The van der Waals surface area contributed by atoms with E-state index in [2.05, 4.69) is 42.5 Å². The standard InChI is InChI=1S/C25H23N9O/c1-14(2)25(35)29-18-10-8-17(9-11-18)22-20(21-23(26)27-13-28-24(21)34(22)3)16-6-4-15(5-7-16)12-19-30-32-33-31-19/h4-11,13H,1,12H2,2-3H3,(H,29,35)(H2,26,27,28)(H,30,31,32,33). The van der Waals surface area contributed by atoms with Crippen LogP contribution in [0.5, 0.6) is 0 Å². The number of anilines is 2. The Labute approximate surface area is 200 Å². The van der Waals surface area contributed by atoms with Crippen LogP contribution in [0.1, 0.15) is 18.3 Å². The number of fused-ring (bicyclic) bond motifs is 1. The molecule has 0 fully saturated rings. The first-order chi connectivity index (χ1) is 16.9. The minimum Gasteiger partial charge on any atom is -0.383 e. The fourth-order valence-corrected chi connectivity index (χ4v) is 4.07. The quantitative estimate of drug-likeness (QED) is 0.326. The van der Waals surface area contributed by atoms with E-state index >= 15 is 0 Å². The van der Waals surface area contributed by atoms with Gasteiger partial charge in [-0.2, -0.15) is 5.21 Å². The largest absolute Gasteiger partial charge is 0.383 e. The molecular weight excluding hydrogens is 442 g/mol. The maximum Gasteiger partial charge on any atom is 0.250 e. The minimum absolute atomic E-state index is 0.216. The number of nitrogens with two attached hydrogens (primary N) is 1. The van der Waals surface area contributed by atoms with Gasteiger partial charge in [0.05, 0.1) is 11.1 Å². The van der Waals surface area contributed by atoms with Gasteiger partial charge in [-0.15, -0.1) is 10.2 Å². The molecule has 4 N–H and O–H groups in total. The van der Waals surface area contributed by atoms with Crippen LogP contribution in [0.2, 0.25) is 0 Å². The van der Waals surface area contributed by atoms with Crippen molar-refractivity contribution in [2.45, 2.75) is 13.3 Å². The van der Waals surface area contributed by atoms with Crippen molar-refractivity contribution in [1.82, 2.24) is 35.2 Å². The molecule has 0 saturated heterocycles. The zero-order valence-corrected chi connectivity index (χ0v) is 19.3. The highest BCUT2D eigenvalue weighted by molar-refractivity contribution is 6.08. The molecule has 10 heteroatoms. The highest BCUT2D eigenvalue weighted by Crippen LogP contribution is 2.41. The second kappa shape index (κ2) is 8.82. The smallest absolute Gasteiger partial charge is 0.250 e. The Morgan fingerprint density at radius 1 is 1.09 bits per heavy atom. The van der Waals surface area contributed by atoms with E-state index in [4.69, 9.17) is 5.73 Å². The fraction of sp³-hybridized carbons (Fsp3) is 0.120. The highest BCUT2D eigenvalue weighted by atomic mass is 16.1. The maximum absolute atomic E-state index is 12.0. The predicted molar refractivity (Wildman–Crippen MR) is 134 cm³/mol. The van der Waals surface area contributed by atoms with Crippen LogP contribution in [0.3, 0.4) is 0 Å². The molecule has 0 saturated carbocycles. The van der Waals surface area contributed by atoms with Gasteiger partial charge in [0.15, 0.2) is 5.82 Å². The molecule has 0 radical (unpaired) electrons. The molecule has 0 spiro atoms. The number of aromatic nitrogens is 7. The molecule has 35 heavy (non-hydrogen) atoms. The van der Waals surface area contributed by atoms with Crippen molar-refractivity contribution in [3.8, 4) is 22.4 Å². The Morgan fingerprint density at radius 2 is 1.80 bits per heavy atom. The van der Waals surface area contributed by atoms with Gasteiger partial charge in [0.25, 0.3) is 5.91 Å². The van der Waals surface area contributed by atoms with Crippen LogP contribution in [0.25, 0.3) is 33.4 Å². The van der Waals surface area contributed by atoms with Gasteiger partial charge in [0.2, 0.25) is 0 Å². The lowest BCUT2D eigenvalue weighted by Gasteiger charge is -2.11. The summed E-state index contributed by atoms with van der Waals surface area (Å²) in [6.45, 7) is 5.35. The third kappa shape index (κ3) is 4.12. The number of nitrogens with zero attached hydrogens (tertiary/aromatic N) is 6. The fourth-order valence-electron chi connectivity index (χ4n) is 4.07. The van der Waals surface area contributed by atoms with Gasteiger partial charge < -0.3 is 15.6 Å². The van der Waals surface area contributed by atoms with Gasteiger partial charge in [0, 0.05) is 30.3 Å². The molecule has 0 bridgehead atoms. The van der Waals surface area contributed by atoms with Crippen LogP contribution in [-0.4, -0.2) is 41.1 Å². The van der Waals surface area contributed by atoms with Crippen molar-refractivity contribution < 1.29 is 4.79 Å². The normalized spacial score (nSPS) is 11.0. The number of benzene rings is 2. The van der Waals surface area contributed by atoms with Crippen LogP contribution in [0.15, 0.2) is 67.0 Å². The van der Waals surface area contributed by atoms with Crippen molar-refractivity contribution in [2.75, 3.05) is 11.1 Å². The monoisotopic (exact) mass is 465 g/mol. The summed E-state index contributed by atoms with van der Waals surface area (Å²) >= 11 is 0. The lowest BCUT2D eigenvalue weighted by atomic mass is 9.97. The molecule has 0 unspecified atom stereocenters. The number of aromatic amines is 1. The maximum atomic E-state index is 12.0. The van der Waals surface area contributed by atoms with Crippen molar-refractivity contribution in [2.24, 2.45) is 7.05 Å². The predicted octanol–water partition coefficient (Wildman–Crippen LogP) is 3.50. The molecule has 5 rings (SSSR count). The van der Waals surface area contributed by atoms with E-state index in [1.165, 1.54) is 6.33 Å². The van der Waals surface area contributed by atoms with Crippen LogP contribution in [0.4, 0.5) is 11.5 Å². The van der Waals surface area contributed by atoms with Crippen molar-refractivity contribution >= 4 is 28.4 Å². The third-order valence-corrected chi connectivity index (χ3v) is 5.79. The minimum atomic E-state index is -0.216. The van der Waals surface area contributed by atoms with Gasteiger partial charge in [-0.3, -0.25) is 4.79 Å². The number of tetrazole rings is 1. The van der Waals surface area contributed by atoms with Gasteiger partial charge in [-0.25, -0.2) is 9.97 Å². The Hall–Kier alpha value is -4.86. The summed E-state index contributed by atoms with van der Waals surface area (Å²) in [5, 5.41) is 17.8. The zero-order chi connectivity index (χ0) is 24.5. The molecule has 1 amide bonds. The summed E-state index contributed by atoms with van der Waals surface area (Å²) in [4.78, 5) is 20.7. The number of carbonyl (C=O) groups is 1. The first-order valence-electron chi connectivity index (χ1n) is 10.9. The molecule has 3 heterocycles. The molecule has 0 atom stereocenters. The number of carbonyl (C=O) groups excluding carboxylic acids is 1. The SMILES string of the molecule is C=C(C)C(=O)Nc1ccc(-c2c(-c3ccc(Cc4nn[nH]n4)cc3)c3c(N)ncnc3n2C)cc1. The topological polar surface area (TPSA) is 140 Å². The number of hydrogen-bond acceptors (Lipinski definition) is 7. The number of nitrogen functional groups attached to an aromatic ring is 1. The summed E-state index contributed by atoms with van der Waals surface area (Å²) in [6.07, 6.45) is 2.04. The molecule has 174 valence electrons. The molecule has 0 aliphatic carbocycles. The molecular formula is C25H23N9O. The Morgan fingerprint density at radius 3 is 2.46 bits per heavy atom. The van der Waals surface area contributed by atoms with Gasteiger partial charge in [0.1, 0.15) is 17.8 Å². The average molecular weight is 466 g/mol. The Balaban J connectivity index is 1.60. The summed E-state index contributed by atoms with van der Waals surface area (Å²) in [5.74, 6) is 0.820. The molecule has 2 aromatic carbocycles. The van der Waals surface area contributed by atoms with Crippen molar-refractivity contribution in [1.29, 1.82) is 0 Å². The van der Waals surface area contributed by atoms with Crippen molar-refractivity contribution in [3.63, 3.8) is 0 Å². The van der Waals surface area contributed by atoms with E-state index < -0.39 is 0 Å². The van der Waals surface area contributed by atoms with Crippen molar-refractivity contribution in [3.05, 3.63) is 78.4 Å². The Kier molecular flexibility index (Phi) is 5.54. The van der Waals surface area contributed by atoms with Crippen LogP contribution in [0, 0.1) is 0 Å². The molecule has 10 nitrogen and oxygen atoms in total. The number of hydrogen-bond donors (Lipinski definition) is 3. The second-order valence-electron chi connectivity index (χ2n) is 8.25. The van der Waals surface area contributed by atoms with Gasteiger partial charge in [-0.1, -0.05) is 48.2 Å². The number of H-pyrrole nitrogens is 1. The van der Waals surface area contributed by atoms with E-state index in [1.54, 1.807) is 6.92 Å². The highest BCUT2D eigenvalue weighted by Gasteiger charge is 2.22. The lowest BCUT2D eigenvalue weighted by molar-refractivity contribution is -0.112. The van der Waals surface area contributed by atoms with E-state index in [-0.39, 0.29) is 5.91 Å². The van der Waals surface area contributed by atoms with Crippen LogP contribution in [-0.2, 0) is 18.3 Å². The van der Waals surface area contributed by atoms with E-state index in [1.807, 2.05) is 60.1 Å². The van der Waals surface area contributed by atoms with Gasteiger partial charge >= 0.3 is 0 Å². The van der Waals surface area contributed by atoms with E-state index in [9.17, 15) is 4.79 Å². The van der Waals surface area contributed by atoms with E-state index in [0.717, 1.165) is 39.0 Å². The molecule has 3 aromatic heterocycles. The first kappa shape index (κ1) is 22.0. The summed E-state index contributed by atoms with van der Waals surface area (Å²) in [5.41, 5.74) is 13.1. The lowest BCUT2D eigenvalue weighted by Crippen LogP contribution is -2.11. The average Bonchev–Trinajstić information content (AvgIpc) is 3.47. The number of amides is 1. The summed E-state index contributed by atoms with van der Waals surface area (Å²) in [7, 11) is 1.95. The third-order valence-electron chi connectivity index (χ3n) is 5.79. The van der Waals surface area contributed by atoms with Crippen LogP contribution >= 0.6 is 0 Å². The molecule has 5 aromatic rings. The second-order valence-corrected chi connectivity index (χ2v) is 8.25. The number of nitrogens with one attached hydrogen (secondary N) is 2. The van der Waals surface area contributed by atoms with E-state index in [0.29, 0.717) is 29.3 Å². The van der Waals surface area contributed by atoms with Crippen LogP contribution < -0.4 is 11.1 Å². The van der Waals surface area contributed by atoms with Gasteiger partial charge in [-0.05, 0) is 35.7 Å². The molecule has 0 aliphatic heterocycles. The Bertz CT molecular complexity index is 1530. The summed E-state index contributed by atoms with van der Waals surface area (Å²) < 4.78 is 2.01. The zero-order valence-electron chi connectivity index (χ0n) is 19.3. The molecule has 0 aliphatic rings. The number of rotatable bonds is 6. The number of aryl methyl sites for hydroxylation is 1. The summed E-state index contributed by atoms with van der Waals surface area (Å²) in [6, 6.07) is 15.8.